The van der Waals surface area contributed by atoms with Gasteiger partial charge in [0.1, 0.15) is 48.7 Å². The Morgan fingerprint density at radius 2 is 1.35 bits per heavy atom. The zero-order valence-corrected chi connectivity index (χ0v) is 19.6. The number of rotatable bonds is 13. The van der Waals surface area contributed by atoms with Crippen molar-refractivity contribution in [3.8, 4) is 17.2 Å². The number of ketones is 1. The van der Waals surface area contributed by atoms with Crippen molar-refractivity contribution in [1.82, 2.24) is 0 Å². The number of carbonyl (C=O) groups is 1. The number of carbonyl (C=O) groups excluding carboxylic acids is 1. The number of aliphatic hydroxyl groups excluding tert-OH is 2. The Hall–Kier alpha value is -3.35. The molecule has 0 aliphatic rings. The molecule has 34 heavy (non-hydrogen) atoms. The molecule has 0 aliphatic carbocycles. The third-order valence-electron chi connectivity index (χ3n) is 5.04. The summed E-state index contributed by atoms with van der Waals surface area (Å²) in [6, 6.07) is 22.7. The highest BCUT2D eigenvalue weighted by atomic mass is 16.5. The van der Waals surface area contributed by atoms with Gasteiger partial charge >= 0.3 is 0 Å². The molecule has 0 unspecified atom stereocenters. The molecule has 0 saturated carbocycles. The highest BCUT2D eigenvalue weighted by Gasteiger charge is 2.23. The van der Waals surface area contributed by atoms with Gasteiger partial charge in [-0.2, -0.15) is 0 Å². The van der Waals surface area contributed by atoms with Crippen LogP contribution in [-0.2, 0) is 13.2 Å². The summed E-state index contributed by atoms with van der Waals surface area (Å²) in [7, 11) is 0. The molecule has 3 rings (SSSR count). The van der Waals surface area contributed by atoms with Gasteiger partial charge in [-0.25, -0.2) is 0 Å². The van der Waals surface area contributed by atoms with Crippen LogP contribution in [0, 0.1) is 5.92 Å². The number of hydrogen-bond acceptors (Lipinski definition) is 6. The summed E-state index contributed by atoms with van der Waals surface area (Å²) in [5.74, 6) is 1.10. The van der Waals surface area contributed by atoms with E-state index >= 15 is 0 Å². The van der Waals surface area contributed by atoms with Crippen molar-refractivity contribution < 1.29 is 29.2 Å². The van der Waals surface area contributed by atoms with Crippen LogP contribution in [0.3, 0.4) is 0 Å². The molecule has 0 fully saturated rings. The van der Waals surface area contributed by atoms with Crippen molar-refractivity contribution in [2.24, 2.45) is 5.92 Å². The lowest BCUT2D eigenvalue weighted by molar-refractivity contribution is 0.0528. The second kappa shape index (κ2) is 12.8. The Labute approximate surface area is 200 Å². The lowest BCUT2D eigenvalue weighted by Crippen LogP contribution is -2.22. The number of hydrogen-bond donors (Lipinski definition) is 2. The smallest absolute Gasteiger partial charge is 0.170 e. The molecule has 0 aliphatic heterocycles. The van der Waals surface area contributed by atoms with Crippen molar-refractivity contribution in [3.05, 3.63) is 89.5 Å². The largest absolute Gasteiger partial charge is 0.490 e. The molecule has 0 radical (unpaired) electrons. The zero-order chi connectivity index (χ0) is 24.3. The van der Waals surface area contributed by atoms with Crippen LogP contribution in [0.1, 0.15) is 41.8 Å². The topological polar surface area (TPSA) is 85.2 Å². The molecule has 3 aromatic carbocycles. The fourth-order valence-corrected chi connectivity index (χ4v) is 3.34. The van der Waals surface area contributed by atoms with Crippen molar-refractivity contribution in [3.63, 3.8) is 0 Å². The van der Waals surface area contributed by atoms with Gasteiger partial charge in [0, 0.05) is 18.6 Å². The van der Waals surface area contributed by atoms with E-state index in [4.69, 9.17) is 14.2 Å². The first-order chi connectivity index (χ1) is 16.5. The Morgan fingerprint density at radius 1 is 0.824 bits per heavy atom. The highest BCUT2D eigenvalue weighted by molar-refractivity contribution is 6.01. The molecular weight excluding hydrogens is 432 g/mol. The van der Waals surface area contributed by atoms with Crippen molar-refractivity contribution in [2.45, 2.75) is 39.6 Å². The average molecular weight is 465 g/mol. The van der Waals surface area contributed by atoms with E-state index in [0.717, 1.165) is 11.1 Å². The first kappa shape index (κ1) is 25.3. The molecule has 0 amide bonds. The summed E-state index contributed by atoms with van der Waals surface area (Å²) in [6.07, 6.45) is -0.763. The lowest BCUT2D eigenvalue weighted by atomic mass is 9.99. The van der Waals surface area contributed by atoms with Crippen LogP contribution in [0.2, 0.25) is 0 Å². The molecule has 0 saturated heterocycles. The Kier molecular flexibility index (Phi) is 9.50. The second-order valence-electron chi connectivity index (χ2n) is 8.51. The summed E-state index contributed by atoms with van der Waals surface area (Å²) in [5, 5.41) is 19.0. The van der Waals surface area contributed by atoms with E-state index in [1.54, 1.807) is 12.1 Å². The minimum absolute atomic E-state index is 0.124. The van der Waals surface area contributed by atoms with E-state index in [0.29, 0.717) is 30.1 Å². The molecule has 1 atom stereocenters. The molecule has 0 heterocycles. The zero-order valence-electron chi connectivity index (χ0n) is 19.6. The number of benzene rings is 3. The third-order valence-corrected chi connectivity index (χ3v) is 5.04. The second-order valence-corrected chi connectivity index (χ2v) is 8.51. The minimum Gasteiger partial charge on any atom is -0.490 e. The molecule has 6 nitrogen and oxygen atoms in total. The van der Waals surface area contributed by atoms with Gasteiger partial charge in [0.2, 0.25) is 0 Å². The summed E-state index contributed by atoms with van der Waals surface area (Å²) in [5.41, 5.74) is 2.26. The molecule has 2 N–H and O–H groups in total. The molecule has 180 valence electrons. The SMILES string of the molecule is CC(C)CC(=O)c1c(OCc2ccccc2)cc(OCc2ccccc2)cc1OC[C@H](O)CO. The maximum Gasteiger partial charge on any atom is 0.170 e. The van der Waals surface area contributed by atoms with E-state index in [9.17, 15) is 15.0 Å². The normalized spacial score (nSPS) is 11.8. The van der Waals surface area contributed by atoms with Crippen LogP contribution in [0.4, 0.5) is 0 Å². The maximum atomic E-state index is 13.2. The van der Waals surface area contributed by atoms with Crippen LogP contribution in [0.15, 0.2) is 72.8 Å². The molecule has 0 aromatic heterocycles. The average Bonchev–Trinajstić information content (AvgIpc) is 2.85. The minimum atomic E-state index is -1.07. The van der Waals surface area contributed by atoms with Gasteiger partial charge in [0.25, 0.3) is 0 Å². The highest BCUT2D eigenvalue weighted by Crippen LogP contribution is 2.37. The summed E-state index contributed by atoms with van der Waals surface area (Å²) >= 11 is 0. The Morgan fingerprint density at radius 3 is 1.88 bits per heavy atom. The summed E-state index contributed by atoms with van der Waals surface area (Å²) < 4.78 is 17.9. The van der Waals surface area contributed by atoms with Crippen LogP contribution in [0.25, 0.3) is 0 Å². The molecule has 0 spiro atoms. The van der Waals surface area contributed by atoms with Gasteiger partial charge in [0.05, 0.1) is 6.61 Å². The van der Waals surface area contributed by atoms with Crippen molar-refractivity contribution in [1.29, 1.82) is 0 Å². The third kappa shape index (κ3) is 7.61. The summed E-state index contributed by atoms with van der Waals surface area (Å²) in [6.45, 7) is 3.92. The molecular formula is C28H32O6. The first-order valence-corrected chi connectivity index (χ1v) is 11.4. The van der Waals surface area contributed by atoms with Crippen molar-refractivity contribution in [2.75, 3.05) is 13.2 Å². The number of aliphatic hydroxyl groups is 2. The van der Waals surface area contributed by atoms with E-state index in [1.165, 1.54) is 0 Å². The fraction of sp³-hybridized carbons (Fsp3) is 0.321. The monoisotopic (exact) mass is 464 g/mol. The van der Waals surface area contributed by atoms with Gasteiger partial charge in [-0.1, -0.05) is 74.5 Å². The Balaban J connectivity index is 1.95. The van der Waals surface area contributed by atoms with E-state index in [1.807, 2.05) is 74.5 Å². The van der Waals surface area contributed by atoms with Crippen LogP contribution >= 0.6 is 0 Å². The standard InChI is InChI=1S/C28H32O6/c1-20(2)13-25(31)28-26(33-18-22-11-7-4-8-12-22)14-24(15-27(28)34-19-23(30)16-29)32-17-21-9-5-3-6-10-21/h3-12,14-15,20,23,29-30H,13,16-19H2,1-2H3/t23-/m1/s1. The lowest BCUT2D eigenvalue weighted by Gasteiger charge is -2.19. The van der Waals surface area contributed by atoms with Gasteiger partial charge in [0.15, 0.2) is 5.78 Å². The quantitative estimate of drug-likeness (QED) is 0.353. The van der Waals surface area contributed by atoms with E-state index in [-0.39, 0.29) is 30.7 Å². The Bertz CT molecular complexity index is 1030. The van der Waals surface area contributed by atoms with Crippen LogP contribution < -0.4 is 14.2 Å². The van der Waals surface area contributed by atoms with Gasteiger partial charge in [-0.3, -0.25) is 4.79 Å². The number of Topliss-reactive ketones (excluding diaryl/α,β-unsaturated/α-hetero) is 1. The maximum absolute atomic E-state index is 13.2. The predicted octanol–water partition coefficient (Wildman–Crippen LogP) is 4.81. The van der Waals surface area contributed by atoms with Crippen LogP contribution in [0.5, 0.6) is 17.2 Å². The van der Waals surface area contributed by atoms with Gasteiger partial charge in [-0.05, 0) is 17.0 Å². The molecule has 0 bridgehead atoms. The number of ether oxygens (including phenoxy) is 3. The first-order valence-electron chi connectivity index (χ1n) is 11.4. The van der Waals surface area contributed by atoms with E-state index in [2.05, 4.69) is 0 Å². The molecule has 6 heteroatoms. The molecule has 3 aromatic rings. The summed E-state index contributed by atoms with van der Waals surface area (Å²) in [4.78, 5) is 13.2. The van der Waals surface area contributed by atoms with Crippen LogP contribution in [-0.4, -0.2) is 35.3 Å². The fourth-order valence-electron chi connectivity index (χ4n) is 3.34. The predicted molar refractivity (Wildman–Crippen MR) is 130 cm³/mol. The van der Waals surface area contributed by atoms with Gasteiger partial charge < -0.3 is 24.4 Å². The van der Waals surface area contributed by atoms with E-state index < -0.39 is 12.7 Å². The van der Waals surface area contributed by atoms with Gasteiger partial charge in [-0.15, -0.1) is 0 Å². The van der Waals surface area contributed by atoms with Crippen molar-refractivity contribution >= 4 is 5.78 Å².